The number of carbonyl (C=O) groups is 1. The molecule has 2 aromatic rings. The van der Waals surface area contributed by atoms with E-state index in [1.807, 2.05) is 18.2 Å². The standard InChI is InChI=1S/C13H13N3O2S/c1-2-18-13(17)11-10-6-3-4-8-16(10)15-12(11)19-9-5-7-14/h3-4,6,8H,2,5,9H2,1H3. The molecule has 0 aliphatic rings. The Morgan fingerprint density at radius 3 is 3.16 bits per heavy atom. The number of nitrogens with zero attached hydrogens (tertiary/aromatic N) is 3. The number of fused-ring (bicyclic) bond motifs is 1. The number of carbonyl (C=O) groups excluding carboxylic acids is 1. The van der Waals surface area contributed by atoms with Crippen molar-refractivity contribution in [3.63, 3.8) is 0 Å². The molecular formula is C13H13N3O2S. The van der Waals surface area contributed by atoms with Gasteiger partial charge in [-0.2, -0.15) is 10.4 Å². The second-order valence-electron chi connectivity index (χ2n) is 3.69. The van der Waals surface area contributed by atoms with E-state index >= 15 is 0 Å². The summed E-state index contributed by atoms with van der Waals surface area (Å²) in [6.07, 6.45) is 2.20. The Labute approximate surface area is 115 Å². The van der Waals surface area contributed by atoms with Crippen LogP contribution in [-0.2, 0) is 4.74 Å². The highest BCUT2D eigenvalue weighted by molar-refractivity contribution is 7.99. The van der Waals surface area contributed by atoms with E-state index in [0.29, 0.717) is 29.4 Å². The molecule has 0 aromatic carbocycles. The normalized spacial score (nSPS) is 10.3. The molecule has 0 fully saturated rings. The zero-order valence-corrected chi connectivity index (χ0v) is 11.3. The van der Waals surface area contributed by atoms with Crippen LogP contribution >= 0.6 is 11.8 Å². The Morgan fingerprint density at radius 2 is 2.42 bits per heavy atom. The predicted octanol–water partition coefficient (Wildman–Crippen LogP) is 2.52. The maximum atomic E-state index is 12.0. The van der Waals surface area contributed by atoms with Crippen LogP contribution in [0.2, 0.25) is 0 Å². The summed E-state index contributed by atoms with van der Waals surface area (Å²) < 4.78 is 6.72. The number of pyridine rings is 1. The lowest BCUT2D eigenvalue weighted by molar-refractivity contribution is 0.0524. The largest absolute Gasteiger partial charge is 0.462 e. The molecule has 0 radical (unpaired) electrons. The van der Waals surface area contributed by atoms with Crippen molar-refractivity contribution in [3.8, 4) is 6.07 Å². The summed E-state index contributed by atoms with van der Waals surface area (Å²) in [7, 11) is 0. The molecule has 2 heterocycles. The molecule has 98 valence electrons. The van der Waals surface area contributed by atoms with Gasteiger partial charge in [-0.05, 0) is 19.1 Å². The zero-order chi connectivity index (χ0) is 13.7. The third-order valence-electron chi connectivity index (χ3n) is 2.44. The first-order valence-corrected chi connectivity index (χ1v) is 6.90. The summed E-state index contributed by atoms with van der Waals surface area (Å²) in [6.45, 7) is 2.09. The number of nitriles is 1. The van der Waals surface area contributed by atoms with E-state index in [-0.39, 0.29) is 5.97 Å². The van der Waals surface area contributed by atoms with Crippen molar-refractivity contribution in [1.29, 1.82) is 5.26 Å². The van der Waals surface area contributed by atoms with Crippen molar-refractivity contribution in [2.45, 2.75) is 18.4 Å². The fourth-order valence-corrected chi connectivity index (χ4v) is 2.53. The summed E-state index contributed by atoms with van der Waals surface area (Å²) in [5.41, 5.74) is 1.20. The molecule has 2 aromatic heterocycles. The molecule has 0 saturated heterocycles. The monoisotopic (exact) mass is 275 g/mol. The number of rotatable bonds is 5. The number of ether oxygens (including phenoxy) is 1. The van der Waals surface area contributed by atoms with Gasteiger partial charge in [-0.1, -0.05) is 6.07 Å². The van der Waals surface area contributed by atoms with E-state index < -0.39 is 0 Å². The first kappa shape index (κ1) is 13.4. The van der Waals surface area contributed by atoms with E-state index in [1.54, 1.807) is 17.6 Å². The molecule has 2 rings (SSSR count). The van der Waals surface area contributed by atoms with E-state index in [1.165, 1.54) is 11.8 Å². The molecule has 5 nitrogen and oxygen atoms in total. The van der Waals surface area contributed by atoms with Gasteiger partial charge in [-0.25, -0.2) is 9.31 Å². The second-order valence-corrected chi connectivity index (χ2v) is 4.77. The van der Waals surface area contributed by atoms with Gasteiger partial charge in [-0.15, -0.1) is 11.8 Å². The van der Waals surface area contributed by atoms with E-state index in [9.17, 15) is 4.79 Å². The third kappa shape index (κ3) is 2.88. The number of hydrogen-bond donors (Lipinski definition) is 0. The predicted molar refractivity (Wildman–Crippen MR) is 72.1 cm³/mol. The van der Waals surface area contributed by atoms with Crippen molar-refractivity contribution in [3.05, 3.63) is 30.0 Å². The van der Waals surface area contributed by atoms with Crippen LogP contribution in [0.25, 0.3) is 5.52 Å². The number of hydrogen-bond acceptors (Lipinski definition) is 5. The van der Waals surface area contributed by atoms with Crippen LogP contribution in [-0.4, -0.2) is 27.9 Å². The quantitative estimate of drug-likeness (QED) is 0.476. The molecule has 0 saturated carbocycles. The van der Waals surface area contributed by atoms with Crippen molar-refractivity contribution < 1.29 is 9.53 Å². The highest BCUT2D eigenvalue weighted by Gasteiger charge is 2.20. The van der Waals surface area contributed by atoms with Crippen molar-refractivity contribution in [2.75, 3.05) is 12.4 Å². The summed E-state index contributed by atoms with van der Waals surface area (Å²) >= 11 is 1.40. The summed E-state index contributed by atoms with van der Waals surface area (Å²) in [5.74, 6) is 0.232. The highest BCUT2D eigenvalue weighted by Crippen LogP contribution is 2.26. The van der Waals surface area contributed by atoms with Gasteiger partial charge in [-0.3, -0.25) is 0 Å². The molecule has 0 unspecified atom stereocenters. The molecule has 0 N–H and O–H groups in total. The molecule has 0 spiro atoms. The number of esters is 1. The molecule has 0 aliphatic heterocycles. The molecule has 0 amide bonds. The van der Waals surface area contributed by atoms with Crippen LogP contribution in [0.3, 0.4) is 0 Å². The average molecular weight is 275 g/mol. The van der Waals surface area contributed by atoms with Gasteiger partial charge in [0.15, 0.2) is 0 Å². The maximum Gasteiger partial charge on any atom is 0.343 e. The zero-order valence-electron chi connectivity index (χ0n) is 10.5. The molecular weight excluding hydrogens is 262 g/mol. The second kappa shape index (κ2) is 6.25. The van der Waals surface area contributed by atoms with Gasteiger partial charge in [0.05, 0.1) is 18.2 Å². The lowest BCUT2D eigenvalue weighted by atomic mass is 10.2. The Balaban J connectivity index is 2.40. The lowest BCUT2D eigenvalue weighted by Gasteiger charge is -2.01. The number of thioether (sulfide) groups is 1. The minimum atomic E-state index is -0.372. The summed E-state index contributed by atoms with van der Waals surface area (Å²) in [6, 6.07) is 7.60. The maximum absolute atomic E-state index is 12.0. The fourth-order valence-electron chi connectivity index (χ4n) is 1.67. The topological polar surface area (TPSA) is 67.4 Å². The first-order chi connectivity index (χ1) is 9.27. The Kier molecular flexibility index (Phi) is 4.42. The molecule has 0 aliphatic carbocycles. The minimum absolute atomic E-state index is 0.325. The summed E-state index contributed by atoms with van der Waals surface area (Å²) in [5, 5.41) is 13.5. The SMILES string of the molecule is CCOC(=O)c1c(SCCC#N)nn2ccccc12. The van der Waals surface area contributed by atoms with E-state index in [2.05, 4.69) is 11.2 Å². The van der Waals surface area contributed by atoms with Crippen LogP contribution in [0.4, 0.5) is 0 Å². The van der Waals surface area contributed by atoms with Crippen LogP contribution < -0.4 is 0 Å². The van der Waals surface area contributed by atoms with Gasteiger partial charge in [0.25, 0.3) is 0 Å². The van der Waals surface area contributed by atoms with Crippen LogP contribution in [0.1, 0.15) is 23.7 Å². The van der Waals surface area contributed by atoms with Gasteiger partial charge in [0, 0.05) is 18.4 Å². The minimum Gasteiger partial charge on any atom is -0.462 e. The molecule has 0 atom stereocenters. The Morgan fingerprint density at radius 1 is 1.58 bits per heavy atom. The summed E-state index contributed by atoms with van der Waals surface area (Å²) in [4.78, 5) is 12.0. The first-order valence-electron chi connectivity index (χ1n) is 5.92. The molecule has 0 bridgehead atoms. The van der Waals surface area contributed by atoms with Gasteiger partial charge in [0.2, 0.25) is 0 Å². The smallest absolute Gasteiger partial charge is 0.343 e. The van der Waals surface area contributed by atoms with Crippen molar-refractivity contribution in [1.82, 2.24) is 9.61 Å². The third-order valence-corrected chi connectivity index (χ3v) is 3.41. The van der Waals surface area contributed by atoms with E-state index in [4.69, 9.17) is 10.00 Å². The van der Waals surface area contributed by atoms with Crippen LogP contribution in [0.15, 0.2) is 29.4 Å². The van der Waals surface area contributed by atoms with E-state index in [0.717, 1.165) is 5.52 Å². The number of aromatic nitrogens is 2. The van der Waals surface area contributed by atoms with Crippen LogP contribution in [0.5, 0.6) is 0 Å². The van der Waals surface area contributed by atoms with Crippen molar-refractivity contribution >= 4 is 23.2 Å². The van der Waals surface area contributed by atoms with Crippen LogP contribution in [0, 0.1) is 11.3 Å². The Bertz CT molecular complexity index is 630. The lowest BCUT2D eigenvalue weighted by Crippen LogP contribution is -2.05. The van der Waals surface area contributed by atoms with Gasteiger partial charge in [0.1, 0.15) is 10.6 Å². The Hall–Kier alpha value is -2.00. The van der Waals surface area contributed by atoms with Gasteiger partial charge >= 0.3 is 5.97 Å². The fraction of sp³-hybridized carbons (Fsp3) is 0.308. The van der Waals surface area contributed by atoms with Gasteiger partial charge < -0.3 is 4.74 Å². The molecule has 19 heavy (non-hydrogen) atoms. The highest BCUT2D eigenvalue weighted by atomic mass is 32.2. The van der Waals surface area contributed by atoms with Crippen molar-refractivity contribution in [2.24, 2.45) is 0 Å². The molecule has 6 heteroatoms. The average Bonchev–Trinajstić information content (AvgIpc) is 2.77.